The molecule has 1 amide bonds. The molecule has 21 heavy (non-hydrogen) atoms. The number of hydrogen-bond acceptors (Lipinski definition) is 5. The molecule has 0 radical (unpaired) electrons. The summed E-state index contributed by atoms with van der Waals surface area (Å²) in [6, 6.07) is 0. The highest BCUT2D eigenvalue weighted by molar-refractivity contribution is 9.10. The molecular formula is C14H20BrN5O. The second kappa shape index (κ2) is 6.70. The molecule has 6 nitrogen and oxygen atoms in total. The number of piperazine rings is 1. The molecule has 0 spiro atoms. The van der Waals surface area contributed by atoms with Crippen LogP contribution in [-0.2, 0) is 4.79 Å². The van der Waals surface area contributed by atoms with Gasteiger partial charge in [0.25, 0.3) is 0 Å². The van der Waals surface area contributed by atoms with Crippen LogP contribution in [0, 0.1) is 5.92 Å². The molecule has 3 rings (SSSR count). The zero-order valence-electron chi connectivity index (χ0n) is 12.0. The summed E-state index contributed by atoms with van der Waals surface area (Å²) in [4.78, 5) is 25.3. The van der Waals surface area contributed by atoms with Gasteiger partial charge in [-0.1, -0.05) is 0 Å². The van der Waals surface area contributed by atoms with Crippen LogP contribution in [0.2, 0.25) is 0 Å². The van der Waals surface area contributed by atoms with Gasteiger partial charge in [0, 0.05) is 44.5 Å². The Hall–Kier alpha value is -1.21. The van der Waals surface area contributed by atoms with Crippen molar-refractivity contribution in [2.45, 2.75) is 12.8 Å². The molecule has 2 fully saturated rings. The van der Waals surface area contributed by atoms with Crippen molar-refractivity contribution in [3.8, 4) is 0 Å². The molecule has 2 saturated heterocycles. The van der Waals surface area contributed by atoms with Crippen LogP contribution in [0.4, 0.5) is 5.95 Å². The summed E-state index contributed by atoms with van der Waals surface area (Å²) in [5.41, 5.74) is 0. The third-order valence-electron chi connectivity index (χ3n) is 4.17. The predicted molar refractivity (Wildman–Crippen MR) is 84.1 cm³/mol. The Bertz CT molecular complexity index is 481. The SMILES string of the molecule is O=C(C1CCNCC1)N1CCN(c2ncc(Br)cn2)CC1. The fourth-order valence-corrected chi connectivity index (χ4v) is 3.13. The van der Waals surface area contributed by atoms with Crippen LogP contribution in [-0.4, -0.2) is 60.0 Å². The molecule has 7 heteroatoms. The number of amides is 1. The number of hydrogen-bond donors (Lipinski definition) is 1. The first kappa shape index (κ1) is 14.7. The number of nitrogens with zero attached hydrogens (tertiary/aromatic N) is 4. The maximum absolute atomic E-state index is 12.5. The van der Waals surface area contributed by atoms with Gasteiger partial charge in [0.2, 0.25) is 11.9 Å². The normalized spacial score (nSPS) is 20.6. The van der Waals surface area contributed by atoms with Gasteiger partial charge < -0.3 is 15.1 Å². The van der Waals surface area contributed by atoms with Crippen molar-refractivity contribution in [2.24, 2.45) is 5.92 Å². The second-order valence-electron chi connectivity index (χ2n) is 5.54. The monoisotopic (exact) mass is 353 g/mol. The lowest BCUT2D eigenvalue weighted by Crippen LogP contribution is -2.51. The van der Waals surface area contributed by atoms with E-state index in [2.05, 4.69) is 36.1 Å². The largest absolute Gasteiger partial charge is 0.339 e. The van der Waals surface area contributed by atoms with E-state index in [1.165, 1.54) is 0 Å². The molecular weight excluding hydrogens is 334 g/mol. The van der Waals surface area contributed by atoms with E-state index in [-0.39, 0.29) is 5.92 Å². The standard InChI is InChI=1S/C14H20BrN5O/c15-12-9-17-14(18-10-12)20-7-5-19(6-8-20)13(21)11-1-3-16-4-2-11/h9-11,16H,1-8H2. The molecule has 0 unspecified atom stereocenters. The highest BCUT2D eigenvalue weighted by atomic mass is 79.9. The van der Waals surface area contributed by atoms with E-state index in [9.17, 15) is 4.79 Å². The fraction of sp³-hybridized carbons (Fsp3) is 0.643. The maximum atomic E-state index is 12.5. The number of aromatic nitrogens is 2. The first-order valence-electron chi connectivity index (χ1n) is 7.46. The Morgan fingerprint density at radius 3 is 2.38 bits per heavy atom. The van der Waals surface area contributed by atoms with Crippen molar-refractivity contribution in [2.75, 3.05) is 44.2 Å². The van der Waals surface area contributed by atoms with Gasteiger partial charge in [-0.25, -0.2) is 9.97 Å². The number of carbonyl (C=O) groups excluding carboxylic acids is 1. The van der Waals surface area contributed by atoms with Crippen molar-refractivity contribution < 1.29 is 4.79 Å². The zero-order valence-corrected chi connectivity index (χ0v) is 13.5. The summed E-state index contributed by atoms with van der Waals surface area (Å²) in [5, 5.41) is 3.31. The quantitative estimate of drug-likeness (QED) is 0.855. The number of nitrogens with one attached hydrogen (secondary N) is 1. The molecule has 0 saturated carbocycles. The van der Waals surface area contributed by atoms with Gasteiger partial charge in [0.05, 0.1) is 4.47 Å². The third-order valence-corrected chi connectivity index (χ3v) is 4.58. The number of carbonyl (C=O) groups is 1. The molecule has 3 heterocycles. The Labute approximate surface area is 133 Å². The number of rotatable bonds is 2. The van der Waals surface area contributed by atoms with Crippen molar-refractivity contribution in [3.05, 3.63) is 16.9 Å². The summed E-state index contributed by atoms with van der Waals surface area (Å²) < 4.78 is 0.881. The first-order valence-corrected chi connectivity index (χ1v) is 8.25. The lowest BCUT2D eigenvalue weighted by atomic mass is 9.96. The average Bonchev–Trinajstić information content (AvgIpc) is 2.56. The Morgan fingerprint density at radius 1 is 1.14 bits per heavy atom. The zero-order chi connectivity index (χ0) is 14.7. The summed E-state index contributed by atoms with van der Waals surface area (Å²) in [7, 11) is 0. The van der Waals surface area contributed by atoms with Gasteiger partial charge in [-0.15, -0.1) is 0 Å². The van der Waals surface area contributed by atoms with E-state index in [0.29, 0.717) is 5.91 Å². The fourth-order valence-electron chi connectivity index (χ4n) is 2.92. The van der Waals surface area contributed by atoms with Crippen molar-refractivity contribution >= 4 is 27.8 Å². The predicted octanol–water partition coefficient (Wildman–Crippen LogP) is 0.887. The molecule has 0 aliphatic carbocycles. The van der Waals surface area contributed by atoms with Crippen LogP contribution in [0.1, 0.15) is 12.8 Å². The summed E-state index contributed by atoms with van der Waals surface area (Å²) in [5.74, 6) is 1.28. The molecule has 1 N–H and O–H groups in total. The summed E-state index contributed by atoms with van der Waals surface area (Å²) >= 11 is 3.34. The smallest absolute Gasteiger partial charge is 0.225 e. The number of piperidine rings is 1. The van der Waals surface area contributed by atoms with Crippen molar-refractivity contribution in [3.63, 3.8) is 0 Å². The van der Waals surface area contributed by atoms with Crippen LogP contribution in [0.5, 0.6) is 0 Å². The Morgan fingerprint density at radius 2 is 1.76 bits per heavy atom. The minimum Gasteiger partial charge on any atom is -0.339 e. The van der Waals surface area contributed by atoms with Crippen LogP contribution >= 0.6 is 15.9 Å². The number of anilines is 1. The second-order valence-corrected chi connectivity index (χ2v) is 6.45. The van der Waals surface area contributed by atoms with Crippen LogP contribution < -0.4 is 10.2 Å². The topological polar surface area (TPSA) is 61.4 Å². The highest BCUT2D eigenvalue weighted by Crippen LogP contribution is 2.18. The average molecular weight is 354 g/mol. The summed E-state index contributed by atoms with van der Waals surface area (Å²) in [6.07, 6.45) is 5.45. The minimum absolute atomic E-state index is 0.210. The molecule has 2 aliphatic heterocycles. The molecule has 1 aromatic rings. The van der Waals surface area contributed by atoms with E-state index in [0.717, 1.165) is 62.5 Å². The van der Waals surface area contributed by atoms with E-state index in [4.69, 9.17) is 0 Å². The van der Waals surface area contributed by atoms with E-state index >= 15 is 0 Å². The van der Waals surface area contributed by atoms with Crippen molar-refractivity contribution in [1.82, 2.24) is 20.2 Å². The van der Waals surface area contributed by atoms with Gasteiger partial charge in [0.1, 0.15) is 0 Å². The molecule has 114 valence electrons. The van der Waals surface area contributed by atoms with E-state index in [1.807, 2.05) is 4.90 Å². The van der Waals surface area contributed by atoms with E-state index in [1.54, 1.807) is 12.4 Å². The number of halogens is 1. The minimum atomic E-state index is 0.210. The maximum Gasteiger partial charge on any atom is 0.225 e. The van der Waals surface area contributed by atoms with Gasteiger partial charge in [0.15, 0.2) is 0 Å². The van der Waals surface area contributed by atoms with Crippen LogP contribution in [0.15, 0.2) is 16.9 Å². The molecule has 0 bridgehead atoms. The Kier molecular flexibility index (Phi) is 4.70. The lowest BCUT2D eigenvalue weighted by molar-refractivity contribution is -0.136. The molecule has 1 aromatic heterocycles. The molecule has 0 atom stereocenters. The summed E-state index contributed by atoms with van der Waals surface area (Å²) in [6.45, 7) is 5.06. The van der Waals surface area contributed by atoms with Gasteiger partial charge in [-0.3, -0.25) is 4.79 Å². The lowest BCUT2D eigenvalue weighted by Gasteiger charge is -2.37. The third kappa shape index (κ3) is 3.52. The first-order chi connectivity index (χ1) is 10.2. The van der Waals surface area contributed by atoms with Gasteiger partial charge in [-0.2, -0.15) is 0 Å². The van der Waals surface area contributed by atoms with Crippen LogP contribution in [0.3, 0.4) is 0 Å². The highest BCUT2D eigenvalue weighted by Gasteiger charge is 2.28. The van der Waals surface area contributed by atoms with Gasteiger partial charge >= 0.3 is 0 Å². The van der Waals surface area contributed by atoms with Gasteiger partial charge in [-0.05, 0) is 41.9 Å². The molecule has 2 aliphatic rings. The van der Waals surface area contributed by atoms with E-state index < -0.39 is 0 Å². The van der Waals surface area contributed by atoms with Crippen LogP contribution in [0.25, 0.3) is 0 Å². The van der Waals surface area contributed by atoms with Crippen molar-refractivity contribution in [1.29, 1.82) is 0 Å². The Balaban J connectivity index is 1.54. The molecule has 0 aromatic carbocycles.